The molecule has 7 nitrogen and oxygen atoms in total. The molecule has 0 radical (unpaired) electrons. The van der Waals surface area contributed by atoms with Crippen molar-refractivity contribution in [2.45, 2.75) is 36.9 Å². The summed E-state index contributed by atoms with van der Waals surface area (Å²) in [6.07, 6.45) is -6.62. The first-order chi connectivity index (χ1) is 10.4. The van der Waals surface area contributed by atoms with Gasteiger partial charge in [-0.25, -0.2) is 0 Å². The van der Waals surface area contributed by atoms with Crippen LogP contribution < -0.4 is 5.32 Å². The molecule has 1 aromatic rings. The molecule has 1 saturated heterocycles. The van der Waals surface area contributed by atoms with E-state index < -0.39 is 43.0 Å². The fourth-order valence-electron chi connectivity index (χ4n) is 2.28. The summed E-state index contributed by atoms with van der Waals surface area (Å²) in [5.41, 5.74) is 0.527. The van der Waals surface area contributed by atoms with Gasteiger partial charge in [0.15, 0.2) is 0 Å². The van der Waals surface area contributed by atoms with E-state index in [-0.39, 0.29) is 6.42 Å². The Hall–Kier alpha value is -1.22. The van der Waals surface area contributed by atoms with Crippen LogP contribution in [0.15, 0.2) is 24.3 Å². The van der Waals surface area contributed by atoms with Gasteiger partial charge in [0.05, 0.1) is 19.1 Å². The van der Waals surface area contributed by atoms with Crippen molar-refractivity contribution in [3.8, 4) is 0 Å². The average molecular weight is 332 g/mol. The first kappa shape index (κ1) is 17.1. The van der Waals surface area contributed by atoms with Gasteiger partial charge in [-0.1, -0.05) is 11.6 Å². The molecule has 0 bridgehead atoms. The van der Waals surface area contributed by atoms with E-state index in [0.717, 1.165) is 0 Å². The predicted octanol–water partition coefficient (Wildman–Crippen LogP) is -0.489. The van der Waals surface area contributed by atoms with Crippen molar-refractivity contribution < 1.29 is 30.0 Å². The Balaban J connectivity index is 1.96. The topological polar surface area (TPSA) is 119 Å². The van der Waals surface area contributed by atoms with E-state index in [1.165, 1.54) is 0 Å². The third kappa shape index (κ3) is 3.95. The Labute approximate surface area is 132 Å². The number of carbonyl (C=O) groups is 1. The van der Waals surface area contributed by atoms with Crippen molar-refractivity contribution in [1.29, 1.82) is 0 Å². The van der Waals surface area contributed by atoms with Gasteiger partial charge in [0, 0.05) is 10.7 Å². The highest BCUT2D eigenvalue weighted by Crippen LogP contribution is 2.23. The number of halogens is 1. The smallest absolute Gasteiger partial charge is 0.227 e. The van der Waals surface area contributed by atoms with Gasteiger partial charge in [-0.2, -0.15) is 0 Å². The van der Waals surface area contributed by atoms with Gasteiger partial charge < -0.3 is 30.5 Å². The van der Waals surface area contributed by atoms with E-state index in [9.17, 15) is 20.1 Å². The minimum atomic E-state index is -1.49. The van der Waals surface area contributed by atoms with Crippen LogP contribution in [0.1, 0.15) is 6.42 Å². The molecule has 2 rings (SSSR count). The molecule has 1 aromatic carbocycles. The molecule has 0 aromatic heterocycles. The van der Waals surface area contributed by atoms with Gasteiger partial charge in [0.1, 0.15) is 24.4 Å². The molecule has 0 aliphatic carbocycles. The van der Waals surface area contributed by atoms with Gasteiger partial charge in [-0.05, 0) is 24.3 Å². The largest absolute Gasteiger partial charge is 0.394 e. The van der Waals surface area contributed by atoms with Gasteiger partial charge in [-0.3, -0.25) is 4.79 Å². The Morgan fingerprint density at radius 1 is 1.09 bits per heavy atom. The number of hydrogen-bond acceptors (Lipinski definition) is 6. The molecular formula is C14H18ClNO6. The number of ether oxygens (including phenoxy) is 1. The van der Waals surface area contributed by atoms with Crippen LogP contribution in [0.4, 0.5) is 5.69 Å². The lowest BCUT2D eigenvalue weighted by molar-refractivity contribution is -0.229. The summed E-state index contributed by atoms with van der Waals surface area (Å²) in [6, 6.07) is 6.47. The predicted molar refractivity (Wildman–Crippen MR) is 78.5 cm³/mol. The average Bonchev–Trinajstić information content (AvgIpc) is 2.50. The summed E-state index contributed by atoms with van der Waals surface area (Å²) in [6.45, 7) is -0.528. The number of benzene rings is 1. The minimum Gasteiger partial charge on any atom is -0.394 e. The van der Waals surface area contributed by atoms with Gasteiger partial charge in [0.25, 0.3) is 0 Å². The van der Waals surface area contributed by atoms with Gasteiger partial charge >= 0.3 is 0 Å². The molecule has 5 N–H and O–H groups in total. The number of rotatable bonds is 4. The van der Waals surface area contributed by atoms with Crippen LogP contribution in [0.5, 0.6) is 0 Å². The zero-order valence-corrected chi connectivity index (χ0v) is 12.3. The molecule has 5 atom stereocenters. The highest BCUT2D eigenvalue weighted by atomic mass is 35.5. The van der Waals surface area contributed by atoms with Gasteiger partial charge in [-0.15, -0.1) is 0 Å². The molecule has 1 heterocycles. The molecule has 1 amide bonds. The molecule has 1 aliphatic rings. The summed E-state index contributed by atoms with van der Waals surface area (Å²) in [4.78, 5) is 12.0. The second-order valence-electron chi connectivity index (χ2n) is 5.13. The Morgan fingerprint density at radius 3 is 2.27 bits per heavy atom. The number of anilines is 1. The van der Waals surface area contributed by atoms with Crippen LogP contribution in [0, 0.1) is 0 Å². The first-order valence-electron chi connectivity index (χ1n) is 6.78. The maximum absolute atomic E-state index is 12.0. The van der Waals surface area contributed by atoms with Crippen LogP contribution in [0.25, 0.3) is 0 Å². The maximum atomic E-state index is 12.0. The number of nitrogens with one attached hydrogen (secondary N) is 1. The third-order valence-electron chi connectivity index (χ3n) is 3.51. The third-order valence-corrected chi connectivity index (χ3v) is 3.76. The van der Waals surface area contributed by atoms with Crippen LogP contribution in [-0.2, 0) is 9.53 Å². The van der Waals surface area contributed by atoms with Crippen LogP contribution >= 0.6 is 11.6 Å². The summed E-state index contributed by atoms with van der Waals surface area (Å²) in [7, 11) is 0. The van der Waals surface area contributed by atoms with E-state index in [1.807, 2.05) is 0 Å². The molecule has 0 unspecified atom stereocenters. The number of amides is 1. The molecule has 0 spiro atoms. The van der Waals surface area contributed by atoms with E-state index in [1.54, 1.807) is 24.3 Å². The first-order valence-corrected chi connectivity index (χ1v) is 7.16. The van der Waals surface area contributed by atoms with Crippen molar-refractivity contribution >= 4 is 23.2 Å². The van der Waals surface area contributed by atoms with Gasteiger partial charge in [0.2, 0.25) is 5.91 Å². The Kier molecular flexibility index (Phi) is 5.74. The molecular weight excluding hydrogens is 314 g/mol. The van der Waals surface area contributed by atoms with E-state index in [0.29, 0.717) is 10.7 Å². The van der Waals surface area contributed by atoms with Crippen molar-refractivity contribution in [2.75, 3.05) is 11.9 Å². The monoisotopic (exact) mass is 331 g/mol. The SMILES string of the molecule is O=C(C[C@H]1O[C@H](CO)[C@@H](O)[C@H](O)[C@@H]1O)Nc1ccc(Cl)cc1. The van der Waals surface area contributed by atoms with Crippen molar-refractivity contribution in [3.05, 3.63) is 29.3 Å². The maximum Gasteiger partial charge on any atom is 0.227 e. The fourth-order valence-corrected chi connectivity index (χ4v) is 2.40. The number of aliphatic hydroxyl groups excluding tert-OH is 4. The van der Waals surface area contributed by atoms with Crippen molar-refractivity contribution in [1.82, 2.24) is 0 Å². The van der Waals surface area contributed by atoms with Crippen LogP contribution in [0.3, 0.4) is 0 Å². The van der Waals surface area contributed by atoms with Crippen LogP contribution in [-0.4, -0.2) is 63.5 Å². The van der Waals surface area contributed by atoms with Crippen LogP contribution in [0.2, 0.25) is 5.02 Å². The second kappa shape index (κ2) is 7.36. The number of aliphatic hydroxyl groups is 4. The highest BCUT2D eigenvalue weighted by molar-refractivity contribution is 6.30. The van der Waals surface area contributed by atoms with Crippen molar-refractivity contribution in [2.24, 2.45) is 0 Å². The Bertz CT molecular complexity index is 509. The normalized spacial score (nSPS) is 31.8. The standard InChI is InChI=1S/C14H18ClNO6/c15-7-1-3-8(4-2-7)16-11(18)5-9-12(19)14(21)13(20)10(6-17)22-9/h1-4,9-10,12-14,17,19-21H,5-6H2,(H,16,18)/t9-,10-,12-,13-,14-/m1/s1. The lowest BCUT2D eigenvalue weighted by Gasteiger charge is -2.39. The quantitative estimate of drug-likeness (QED) is 0.508. The molecule has 122 valence electrons. The lowest BCUT2D eigenvalue weighted by atomic mass is 9.93. The summed E-state index contributed by atoms with van der Waals surface area (Å²) < 4.78 is 5.27. The summed E-state index contributed by atoms with van der Waals surface area (Å²) in [5, 5.41) is 41.4. The Morgan fingerprint density at radius 2 is 1.68 bits per heavy atom. The zero-order chi connectivity index (χ0) is 16.3. The second-order valence-corrected chi connectivity index (χ2v) is 5.56. The molecule has 22 heavy (non-hydrogen) atoms. The number of hydrogen-bond donors (Lipinski definition) is 5. The number of carbonyl (C=O) groups excluding carboxylic acids is 1. The minimum absolute atomic E-state index is 0.232. The molecule has 0 saturated carbocycles. The lowest BCUT2D eigenvalue weighted by Crippen LogP contribution is -2.59. The molecule has 1 aliphatic heterocycles. The zero-order valence-electron chi connectivity index (χ0n) is 11.6. The van der Waals surface area contributed by atoms with E-state index in [4.69, 9.17) is 21.4 Å². The molecule has 1 fully saturated rings. The summed E-state index contributed by atoms with van der Waals surface area (Å²) >= 11 is 5.74. The van der Waals surface area contributed by atoms with Crippen molar-refractivity contribution in [3.63, 3.8) is 0 Å². The van der Waals surface area contributed by atoms with E-state index >= 15 is 0 Å². The fraction of sp³-hybridized carbons (Fsp3) is 0.500. The highest BCUT2D eigenvalue weighted by Gasteiger charge is 2.43. The molecule has 8 heteroatoms. The summed E-state index contributed by atoms with van der Waals surface area (Å²) in [5.74, 6) is -0.438. The van der Waals surface area contributed by atoms with E-state index in [2.05, 4.69) is 5.32 Å².